The lowest BCUT2D eigenvalue weighted by molar-refractivity contribution is -0.112. The van der Waals surface area contributed by atoms with Crippen molar-refractivity contribution in [2.75, 3.05) is 5.32 Å². The van der Waals surface area contributed by atoms with Gasteiger partial charge in [-0.05, 0) is 45.0 Å². The Morgan fingerprint density at radius 2 is 1.65 bits per heavy atom. The Morgan fingerprint density at radius 3 is 2.06 bits per heavy atom. The standard InChI is InChI=1S/C13H17N2O2/c1-9(16)14-11-7-5-10(6-8-11)12(17)15-13(2,3)4/h5-8H,1H2,2-4H3,(H,14,16)(H,15,17). The van der Waals surface area contributed by atoms with Gasteiger partial charge in [-0.25, -0.2) is 0 Å². The van der Waals surface area contributed by atoms with Crippen molar-refractivity contribution >= 4 is 17.5 Å². The van der Waals surface area contributed by atoms with Crippen LogP contribution in [0.25, 0.3) is 0 Å². The Bertz CT molecular complexity index is 416. The molecule has 0 heterocycles. The molecule has 1 aromatic rings. The van der Waals surface area contributed by atoms with E-state index in [4.69, 9.17) is 0 Å². The maximum absolute atomic E-state index is 11.8. The lowest BCUT2D eigenvalue weighted by Gasteiger charge is -2.20. The molecule has 0 bridgehead atoms. The molecule has 0 saturated heterocycles. The van der Waals surface area contributed by atoms with E-state index in [9.17, 15) is 9.59 Å². The van der Waals surface area contributed by atoms with Gasteiger partial charge >= 0.3 is 0 Å². The first-order valence-corrected chi connectivity index (χ1v) is 5.33. The Balaban J connectivity index is 2.74. The summed E-state index contributed by atoms with van der Waals surface area (Å²) in [6.45, 7) is 8.97. The first-order valence-electron chi connectivity index (χ1n) is 5.33. The highest BCUT2D eigenvalue weighted by Gasteiger charge is 2.14. The molecule has 0 fully saturated rings. The van der Waals surface area contributed by atoms with E-state index >= 15 is 0 Å². The molecule has 0 unspecified atom stereocenters. The number of hydrogen-bond donors (Lipinski definition) is 2. The third-order valence-electron chi connectivity index (χ3n) is 1.92. The Morgan fingerprint density at radius 1 is 1.12 bits per heavy atom. The van der Waals surface area contributed by atoms with Crippen LogP contribution in [0.1, 0.15) is 31.1 Å². The fourth-order valence-corrected chi connectivity index (χ4v) is 1.28. The summed E-state index contributed by atoms with van der Waals surface area (Å²) in [4.78, 5) is 22.5. The summed E-state index contributed by atoms with van der Waals surface area (Å²) >= 11 is 0. The number of carbonyl (C=O) groups is 2. The van der Waals surface area contributed by atoms with Crippen LogP contribution in [-0.4, -0.2) is 17.4 Å². The smallest absolute Gasteiger partial charge is 0.251 e. The number of benzene rings is 1. The number of hydrogen-bond acceptors (Lipinski definition) is 2. The minimum Gasteiger partial charge on any atom is -0.347 e. The van der Waals surface area contributed by atoms with Gasteiger partial charge in [0.1, 0.15) is 0 Å². The molecular formula is C13H17N2O2. The van der Waals surface area contributed by atoms with Crippen LogP contribution in [0.3, 0.4) is 0 Å². The molecule has 0 atom stereocenters. The van der Waals surface area contributed by atoms with Crippen molar-refractivity contribution in [3.05, 3.63) is 36.8 Å². The molecule has 4 heteroatoms. The number of nitrogens with one attached hydrogen (secondary N) is 2. The maximum Gasteiger partial charge on any atom is 0.251 e. The van der Waals surface area contributed by atoms with Crippen molar-refractivity contribution < 1.29 is 9.59 Å². The molecule has 0 aliphatic carbocycles. The zero-order chi connectivity index (χ0) is 13.1. The second-order valence-electron chi connectivity index (χ2n) is 4.83. The highest BCUT2D eigenvalue weighted by atomic mass is 16.2. The van der Waals surface area contributed by atoms with Crippen molar-refractivity contribution in [1.82, 2.24) is 5.32 Å². The topological polar surface area (TPSA) is 58.2 Å². The third kappa shape index (κ3) is 4.68. The van der Waals surface area contributed by atoms with E-state index in [1.54, 1.807) is 24.3 Å². The van der Waals surface area contributed by atoms with Crippen LogP contribution in [0.2, 0.25) is 0 Å². The highest BCUT2D eigenvalue weighted by molar-refractivity contribution is 5.96. The molecule has 1 aromatic carbocycles. The van der Waals surface area contributed by atoms with Gasteiger partial charge in [0.15, 0.2) is 0 Å². The molecule has 0 aromatic heterocycles. The SMILES string of the molecule is [CH2]C(=O)Nc1ccc(C(=O)NC(C)(C)C)cc1. The van der Waals surface area contributed by atoms with Gasteiger partial charge < -0.3 is 10.6 Å². The number of rotatable bonds is 2. The van der Waals surface area contributed by atoms with Crippen LogP contribution in [0.4, 0.5) is 5.69 Å². The molecule has 91 valence electrons. The van der Waals surface area contributed by atoms with Crippen LogP contribution in [0, 0.1) is 6.92 Å². The number of amides is 2. The first kappa shape index (κ1) is 13.2. The lowest BCUT2D eigenvalue weighted by atomic mass is 10.1. The third-order valence-corrected chi connectivity index (χ3v) is 1.92. The summed E-state index contributed by atoms with van der Waals surface area (Å²) in [5, 5.41) is 5.39. The largest absolute Gasteiger partial charge is 0.347 e. The van der Waals surface area contributed by atoms with E-state index in [0.29, 0.717) is 11.3 Å². The normalized spacial score (nSPS) is 10.8. The molecular weight excluding hydrogens is 216 g/mol. The molecule has 0 aliphatic heterocycles. The molecule has 0 aliphatic rings. The Labute approximate surface area is 101 Å². The maximum atomic E-state index is 11.8. The predicted octanol–water partition coefficient (Wildman–Crippen LogP) is 1.99. The molecule has 1 rings (SSSR count). The van der Waals surface area contributed by atoms with E-state index in [0.717, 1.165) is 0 Å². The zero-order valence-corrected chi connectivity index (χ0v) is 10.3. The fraction of sp³-hybridized carbons (Fsp3) is 0.308. The van der Waals surface area contributed by atoms with Crippen molar-refractivity contribution in [3.63, 3.8) is 0 Å². The zero-order valence-electron chi connectivity index (χ0n) is 10.3. The van der Waals surface area contributed by atoms with Gasteiger partial charge in [-0.1, -0.05) is 0 Å². The van der Waals surface area contributed by atoms with Crippen LogP contribution >= 0.6 is 0 Å². The van der Waals surface area contributed by atoms with Crippen LogP contribution < -0.4 is 10.6 Å². The monoisotopic (exact) mass is 233 g/mol. The van der Waals surface area contributed by atoms with Gasteiger partial charge in [0.25, 0.3) is 5.91 Å². The second-order valence-corrected chi connectivity index (χ2v) is 4.83. The van der Waals surface area contributed by atoms with E-state index in [1.807, 2.05) is 20.8 Å². The summed E-state index contributed by atoms with van der Waals surface area (Å²) in [5.74, 6) is -0.512. The van der Waals surface area contributed by atoms with Gasteiger partial charge in [0, 0.05) is 23.7 Å². The van der Waals surface area contributed by atoms with Gasteiger partial charge in [-0.2, -0.15) is 0 Å². The van der Waals surface area contributed by atoms with Gasteiger partial charge in [-0.15, -0.1) is 0 Å². The van der Waals surface area contributed by atoms with Gasteiger partial charge in [0.05, 0.1) is 0 Å². The fourth-order valence-electron chi connectivity index (χ4n) is 1.28. The van der Waals surface area contributed by atoms with Gasteiger partial charge in [-0.3, -0.25) is 9.59 Å². The molecule has 1 radical (unpaired) electrons. The quantitative estimate of drug-likeness (QED) is 0.820. The minimum atomic E-state index is -0.378. The summed E-state index contributed by atoms with van der Waals surface area (Å²) in [6, 6.07) is 6.65. The Hall–Kier alpha value is -1.84. The first-order chi connectivity index (χ1) is 7.78. The van der Waals surface area contributed by atoms with E-state index in [1.165, 1.54) is 0 Å². The van der Waals surface area contributed by atoms with E-state index in [2.05, 4.69) is 17.6 Å². The predicted molar refractivity (Wildman–Crippen MR) is 67.6 cm³/mol. The lowest BCUT2D eigenvalue weighted by Crippen LogP contribution is -2.40. The van der Waals surface area contributed by atoms with Crippen LogP contribution in [0.5, 0.6) is 0 Å². The summed E-state index contributed by atoms with van der Waals surface area (Å²) in [5.41, 5.74) is 0.913. The highest BCUT2D eigenvalue weighted by Crippen LogP contribution is 2.10. The molecule has 0 saturated carbocycles. The summed E-state index contributed by atoms with van der Waals surface area (Å²) < 4.78 is 0. The molecule has 4 nitrogen and oxygen atoms in total. The number of carbonyl (C=O) groups excluding carboxylic acids is 2. The molecule has 2 amide bonds. The van der Waals surface area contributed by atoms with Crippen LogP contribution in [0.15, 0.2) is 24.3 Å². The van der Waals surface area contributed by atoms with Gasteiger partial charge in [0.2, 0.25) is 5.91 Å². The molecule has 2 N–H and O–H groups in total. The Kier molecular flexibility index (Phi) is 3.89. The summed E-state index contributed by atoms with van der Waals surface area (Å²) in [6.07, 6.45) is 0. The minimum absolute atomic E-state index is 0.134. The molecule has 0 spiro atoms. The average molecular weight is 233 g/mol. The van der Waals surface area contributed by atoms with Crippen LogP contribution in [-0.2, 0) is 4.79 Å². The van der Waals surface area contributed by atoms with E-state index in [-0.39, 0.29) is 17.4 Å². The van der Waals surface area contributed by atoms with Crippen molar-refractivity contribution in [2.24, 2.45) is 0 Å². The van der Waals surface area contributed by atoms with Crippen molar-refractivity contribution in [2.45, 2.75) is 26.3 Å². The average Bonchev–Trinajstić information content (AvgIpc) is 2.15. The van der Waals surface area contributed by atoms with E-state index < -0.39 is 0 Å². The van der Waals surface area contributed by atoms with Crippen molar-refractivity contribution in [3.8, 4) is 0 Å². The second kappa shape index (κ2) is 4.99. The molecule has 17 heavy (non-hydrogen) atoms. The number of anilines is 1. The van der Waals surface area contributed by atoms with Crippen molar-refractivity contribution in [1.29, 1.82) is 0 Å². The summed E-state index contributed by atoms with van der Waals surface area (Å²) in [7, 11) is 0.